The van der Waals surface area contributed by atoms with Crippen molar-refractivity contribution in [1.82, 2.24) is 10.2 Å². The molecule has 1 unspecified atom stereocenters. The van der Waals surface area contributed by atoms with Crippen LogP contribution < -0.4 is 5.32 Å². The highest BCUT2D eigenvalue weighted by Crippen LogP contribution is 2.31. The molecule has 1 amide bonds. The molecule has 0 radical (unpaired) electrons. The minimum atomic E-state index is -0.0522. The van der Waals surface area contributed by atoms with Gasteiger partial charge in [-0.25, -0.2) is 0 Å². The SMILES string of the molecule is O=C(c1cc(Br)ccc1O)N(CC1CCCCN1)C1CC1. The van der Waals surface area contributed by atoms with Crippen molar-refractivity contribution >= 4 is 21.8 Å². The Bertz CT molecular complexity index is 525. The van der Waals surface area contributed by atoms with E-state index >= 15 is 0 Å². The van der Waals surface area contributed by atoms with Crippen LogP contribution in [0, 0.1) is 0 Å². The molecular weight excluding hydrogens is 332 g/mol. The van der Waals surface area contributed by atoms with Gasteiger partial charge >= 0.3 is 0 Å². The standard InChI is InChI=1S/C16H21BrN2O2/c17-11-4-7-15(20)14(9-11)16(21)19(13-5-6-13)10-12-3-1-2-8-18-12/h4,7,9,12-13,18,20H,1-3,5-6,8,10H2. The van der Waals surface area contributed by atoms with Gasteiger partial charge in [-0.2, -0.15) is 0 Å². The first-order valence-electron chi connectivity index (χ1n) is 7.68. The molecule has 0 bridgehead atoms. The highest BCUT2D eigenvalue weighted by Gasteiger charge is 2.35. The van der Waals surface area contributed by atoms with Crippen LogP contribution >= 0.6 is 15.9 Å². The van der Waals surface area contributed by atoms with Crippen LogP contribution in [0.5, 0.6) is 5.75 Å². The van der Waals surface area contributed by atoms with Crippen LogP contribution in [-0.4, -0.2) is 41.1 Å². The summed E-state index contributed by atoms with van der Waals surface area (Å²) >= 11 is 3.37. The summed E-state index contributed by atoms with van der Waals surface area (Å²) in [5.74, 6) is 0.00845. The zero-order valence-corrected chi connectivity index (χ0v) is 13.6. The summed E-state index contributed by atoms with van der Waals surface area (Å²) in [7, 11) is 0. The van der Waals surface area contributed by atoms with E-state index in [0.29, 0.717) is 17.6 Å². The van der Waals surface area contributed by atoms with Crippen molar-refractivity contribution in [1.29, 1.82) is 0 Å². The second-order valence-corrected chi connectivity index (χ2v) is 6.91. The Morgan fingerprint density at radius 1 is 1.33 bits per heavy atom. The van der Waals surface area contributed by atoms with Crippen molar-refractivity contribution in [3.8, 4) is 5.75 Å². The van der Waals surface area contributed by atoms with Gasteiger partial charge in [0.25, 0.3) is 5.91 Å². The Balaban J connectivity index is 1.76. The van der Waals surface area contributed by atoms with E-state index < -0.39 is 0 Å². The van der Waals surface area contributed by atoms with E-state index in [9.17, 15) is 9.90 Å². The van der Waals surface area contributed by atoms with Gasteiger partial charge in [-0.1, -0.05) is 22.4 Å². The Morgan fingerprint density at radius 3 is 2.81 bits per heavy atom. The fourth-order valence-electron chi connectivity index (χ4n) is 2.94. The van der Waals surface area contributed by atoms with Gasteiger partial charge in [0.05, 0.1) is 5.56 Å². The van der Waals surface area contributed by atoms with E-state index in [-0.39, 0.29) is 11.7 Å². The third-order valence-electron chi connectivity index (χ3n) is 4.27. The fraction of sp³-hybridized carbons (Fsp3) is 0.562. The molecule has 0 spiro atoms. The van der Waals surface area contributed by atoms with E-state index in [1.54, 1.807) is 18.2 Å². The topological polar surface area (TPSA) is 52.6 Å². The van der Waals surface area contributed by atoms with Crippen molar-refractivity contribution < 1.29 is 9.90 Å². The Kier molecular flexibility index (Phi) is 4.50. The van der Waals surface area contributed by atoms with Crippen LogP contribution in [-0.2, 0) is 0 Å². The number of aromatic hydroxyl groups is 1. The van der Waals surface area contributed by atoms with Crippen LogP contribution in [0.2, 0.25) is 0 Å². The molecule has 1 heterocycles. The van der Waals surface area contributed by atoms with Crippen LogP contribution in [0.4, 0.5) is 0 Å². The second kappa shape index (κ2) is 6.36. The first-order valence-corrected chi connectivity index (χ1v) is 8.47. The van der Waals surface area contributed by atoms with Crippen LogP contribution in [0.1, 0.15) is 42.5 Å². The highest BCUT2D eigenvalue weighted by molar-refractivity contribution is 9.10. The predicted molar refractivity (Wildman–Crippen MR) is 85.5 cm³/mol. The minimum Gasteiger partial charge on any atom is -0.507 e. The summed E-state index contributed by atoms with van der Waals surface area (Å²) in [5.41, 5.74) is 0.395. The zero-order valence-electron chi connectivity index (χ0n) is 12.0. The Morgan fingerprint density at radius 2 is 2.14 bits per heavy atom. The third kappa shape index (κ3) is 3.58. The molecule has 0 aromatic heterocycles. The maximum absolute atomic E-state index is 12.8. The van der Waals surface area contributed by atoms with E-state index in [1.165, 1.54) is 12.8 Å². The molecule has 2 fully saturated rings. The number of carbonyl (C=O) groups excluding carboxylic acids is 1. The number of piperidine rings is 1. The Labute approximate surface area is 133 Å². The van der Waals surface area contributed by atoms with Crippen molar-refractivity contribution in [3.63, 3.8) is 0 Å². The molecule has 1 aromatic rings. The number of nitrogens with zero attached hydrogens (tertiary/aromatic N) is 1. The minimum absolute atomic E-state index is 0.0522. The van der Waals surface area contributed by atoms with Crippen LogP contribution in [0.25, 0.3) is 0 Å². The Hall–Kier alpha value is -1.07. The lowest BCUT2D eigenvalue weighted by Gasteiger charge is -2.31. The number of benzene rings is 1. The van der Waals surface area contributed by atoms with Gasteiger partial charge in [-0.05, 0) is 50.4 Å². The van der Waals surface area contributed by atoms with E-state index in [0.717, 1.165) is 36.8 Å². The predicted octanol–water partition coefficient (Wildman–Crippen LogP) is 2.90. The van der Waals surface area contributed by atoms with Gasteiger partial charge in [-0.15, -0.1) is 0 Å². The second-order valence-electron chi connectivity index (χ2n) is 6.00. The largest absolute Gasteiger partial charge is 0.507 e. The number of rotatable bonds is 4. The maximum Gasteiger partial charge on any atom is 0.257 e. The molecule has 5 heteroatoms. The van der Waals surface area contributed by atoms with Crippen molar-refractivity contribution in [2.24, 2.45) is 0 Å². The summed E-state index contributed by atoms with van der Waals surface area (Å²) in [6.07, 6.45) is 5.73. The molecule has 1 aliphatic carbocycles. The molecule has 1 atom stereocenters. The molecule has 1 aromatic carbocycles. The molecule has 114 valence electrons. The molecule has 2 N–H and O–H groups in total. The summed E-state index contributed by atoms with van der Waals surface area (Å²) in [6.45, 7) is 1.79. The number of amides is 1. The quantitative estimate of drug-likeness (QED) is 0.875. The normalized spacial score (nSPS) is 22.0. The lowest BCUT2D eigenvalue weighted by atomic mass is 10.0. The van der Waals surface area contributed by atoms with Gasteiger partial charge in [0.2, 0.25) is 0 Å². The summed E-state index contributed by atoms with van der Waals surface area (Å²) in [4.78, 5) is 14.7. The van der Waals surface area contributed by atoms with Crippen molar-refractivity contribution in [2.45, 2.75) is 44.2 Å². The van der Waals surface area contributed by atoms with Crippen LogP contribution in [0.15, 0.2) is 22.7 Å². The third-order valence-corrected chi connectivity index (χ3v) is 4.76. The number of phenolic OH excluding ortho intramolecular Hbond substituents is 1. The summed E-state index contributed by atoms with van der Waals surface area (Å²) in [5, 5.41) is 13.5. The first kappa shape index (κ1) is 14.9. The molecule has 1 saturated carbocycles. The summed E-state index contributed by atoms with van der Waals surface area (Å²) < 4.78 is 0.815. The van der Waals surface area contributed by atoms with Crippen molar-refractivity contribution in [2.75, 3.05) is 13.1 Å². The number of hydrogen-bond donors (Lipinski definition) is 2. The number of halogens is 1. The van der Waals surface area contributed by atoms with Gasteiger partial charge < -0.3 is 15.3 Å². The molecule has 2 aliphatic rings. The van der Waals surface area contributed by atoms with Crippen molar-refractivity contribution in [3.05, 3.63) is 28.2 Å². The lowest BCUT2D eigenvalue weighted by Crippen LogP contribution is -2.46. The van der Waals surface area contributed by atoms with E-state index in [2.05, 4.69) is 21.2 Å². The molecule has 3 rings (SSSR count). The molecule has 1 aliphatic heterocycles. The lowest BCUT2D eigenvalue weighted by molar-refractivity contribution is 0.0715. The fourth-order valence-corrected chi connectivity index (χ4v) is 3.30. The molecule has 21 heavy (non-hydrogen) atoms. The zero-order chi connectivity index (χ0) is 14.8. The first-order chi connectivity index (χ1) is 10.1. The number of phenols is 1. The monoisotopic (exact) mass is 352 g/mol. The number of nitrogens with one attached hydrogen (secondary N) is 1. The van der Waals surface area contributed by atoms with E-state index in [1.807, 2.05) is 4.90 Å². The average Bonchev–Trinajstić information content (AvgIpc) is 3.32. The maximum atomic E-state index is 12.8. The van der Waals surface area contributed by atoms with Gasteiger partial charge in [0.15, 0.2) is 0 Å². The van der Waals surface area contributed by atoms with E-state index in [4.69, 9.17) is 0 Å². The van der Waals surface area contributed by atoms with Gasteiger partial charge in [-0.3, -0.25) is 4.79 Å². The van der Waals surface area contributed by atoms with Crippen LogP contribution in [0.3, 0.4) is 0 Å². The number of hydrogen-bond acceptors (Lipinski definition) is 3. The van der Waals surface area contributed by atoms with Gasteiger partial charge in [0.1, 0.15) is 5.75 Å². The molecule has 1 saturated heterocycles. The summed E-state index contributed by atoms with van der Waals surface area (Å²) in [6, 6.07) is 5.76. The molecular formula is C16H21BrN2O2. The molecule has 4 nitrogen and oxygen atoms in total. The van der Waals surface area contributed by atoms with Gasteiger partial charge in [0, 0.05) is 23.1 Å². The average molecular weight is 353 g/mol. The number of carbonyl (C=O) groups is 1. The smallest absolute Gasteiger partial charge is 0.257 e. The highest BCUT2D eigenvalue weighted by atomic mass is 79.9.